The van der Waals surface area contributed by atoms with Gasteiger partial charge in [0, 0.05) is 12.5 Å². The van der Waals surface area contributed by atoms with Gasteiger partial charge in [-0.3, -0.25) is 4.79 Å². The monoisotopic (exact) mass is 386 g/mol. The minimum Gasteiger partial charge on any atom is -0.346 e. The number of nitrogens with one attached hydrogen (secondary N) is 1. The molecule has 27 heavy (non-hydrogen) atoms. The predicted molar refractivity (Wildman–Crippen MR) is 105 cm³/mol. The first-order valence-corrected chi connectivity index (χ1v) is 8.58. The first-order chi connectivity index (χ1) is 12.6. The molecule has 1 aromatic heterocycles. The van der Waals surface area contributed by atoms with Gasteiger partial charge in [-0.15, -0.1) is 12.4 Å². The van der Waals surface area contributed by atoms with Crippen molar-refractivity contribution in [2.45, 2.75) is 31.8 Å². The second-order valence-electron chi connectivity index (χ2n) is 6.22. The molecule has 2 atom stereocenters. The molecule has 1 amide bonds. The Bertz CT molecular complexity index is 839. The zero-order valence-electron chi connectivity index (χ0n) is 15.0. The number of halogens is 1. The average Bonchev–Trinajstić information content (AvgIpc) is 3.12. The van der Waals surface area contributed by atoms with Crippen molar-refractivity contribution in [3.8, 4) is 0 Å². The molecule has 0 radical (unpaired) electrons. The highest BCUT2D eigenvalue weighted by molar-refractivity contribution is 5.85. The topological polar surface area (TPSA) is 94.0 Å². The molecule has 2 unspecified atom stereocenters. The van der Waals surface area contributed by atoms with Gasteiger partial charge in [0.25, 0.3) is 0 Å². The first kappa shape index (κ1) is 20.6. The van der Waals surface area contributed by atoms with Crippen molar-refractivity contribution in [3.05, 3.63) is 83.5 Å². The van der Waals surface area contributed by atoms with E-state index in [-0.39, 0.29) is 36.8 Å². The Kier molecular flexibility index (Phi) is 7.52. The van der Waals surface area contributed by atoms with Gasteiger partial charge >= 0.3 is 0 Å². The van der Waals surface area contributed by atoms with Crippen LogP contribution in [-0.2, 0) is 11.2 Å². The fourth-order valence-corrected chi connectivity index (χ4v) is 2.67. The van der Waals surface area contributed by atoms with Crippen LogP contribution in [0.4, 0.5) is 0 Å². The second-order valence-corrected chi connectivity index (χ2v) is 6.22. The minimum absolute atomic E-state index is 0. The number of carbonyl (C=O) groups is 1. The Hall–Kier alpha value is -2.70. The van der Waals surface area contributed by atoms with Gasteiger partial charge in [0.05, 0.1) is 12.5 Å². The van der Waals surface area contributed by atoms with E-state index >= 15 is 0 Å². The molecule has 0 saturated carbocycles. The van der Waals surface area contributed by atoms with E-state index in [1.54, 1.807) is 0 Å². The predicted octanol–water partition coefficient (Wildman–Crippen LogP) is 3.35. The molecule has 7 heteroatoms. The van der Waals surface area contributed by atoms with Gasteiger partial charge in [0.15, 0.2) is 5.82 Å². The van der Waals surface area contributed by atoms with Crippen molar-refractivity contribution < 1.29 is 9.32 Å². The fraction of sp³-hybridized carbons (Fsp3) is 0.250. The van der Waals surface area contributed by atoms with Crippen LogP contribution >= 0.6 is 12.4 Å². The molecule has 0 aliphatic carbocycles. The number of amides is 1. The third-order valence-electron chi connectivity index (χ3n) is 4.08. The number of aromatic nitrogens is 2. The van der Waals surface area contributed by atoms with E-state index in [1.165, 1.54) is 0 Å². The molecule has 3 aromatic rings. The highest BCUT2D eigenvalue weighted by atomic mass is 35.5. The standard InChI is InChI=1S/C20H22N4O2.ClH/c1-14(22-18(25)13-17(21)16-10-6-3-7-11-16)20-23-19(26-24-20)12-15-8-4-2-5-9-15;/h2-11,14,17H,12-13,21H2,1H3,(H,22,25);1H. The largest absolute Gasteiger partial charge is 0.346 e. The quantitative estimate of drug-likeness (QED) is 0.649. The molecule has 1 heterocycles. The van der Waals surface area contributed by atoms with Crippen molar-refractivity contribution in [3.63, 3.8) is 0 Å². The smallest absolute Gasteiger partial charge is 0.231 e. The Morgan fingerprint density at radius 3 is 2.41 bits per heavy atom. The Labute approximate surface area is 164 Å². The number of rotatable bonds is 7. The summed E-state index contributed by atoms with van der Waals surface area (Å²) in [6.07, 6.45) is 0.760. The average molecular weight is 387 g/mol. The summed E-state index contributed by atoms with van der Waals surface area (Å²) in [4.78, 5) is 16.6. The van der Waals surface area contributed by atoms with Crippen molar-refractivity contribution in [2.24, 2.45) is 5.73 Å². The van der Waals surface area contributed by atoms with E-state index < -0.39 is 0 Å². The number of carbonyl (C=O) groups excluding carboxylic acids is 1. The van der Waals surface area contributed by atoms with Crippen LogP contribution in [0.2, 0.25) is 0 Å². The molecule has 0 saturated heterocycles. The summed E-state index contributed by atoms with van der Waals surface area (Å²) < 4.78 is 5.28. The molecular formula is C20H23ClN4O2. The molecule has 0 aliphatic rings. The van der Waals surface area contributed by atoms with E-state index in [1.807, 2.05) is 67.6 Å². The van der Waals surface area contributed by atoms with E-state index in [2.05, 4.69) is 15.5 Å². The number of nitrogens with zero attached hydrogens (tertiary/aromatic N) is 2. The van der Waals surface area contributed by atoms with Gasteiger partial charge in [0.1, 0.15) is 0 Å². The van der Waals surface area contributed by atoms with E-state index in [0.29, 0.717) is 18.1 Å². The summed E-state index contributed by atoms with van der Waals surface area (Å²) in [5.74, 6) is 0.828. The lowest BCUT2D eigenvalue weighted by atomic mass is 10.0. The fourth-order valence-electron chi connectivity index (χ4n) is 2.67. The molecule has 0 fully saturated rings. The summed E-state index contributed by atoms with van der Waals surface area (Å²) in [5, 5.41) is 6.84. The maximum Gasteiger partial charge on any atom is 0.231 e. The number of hydrogen-bond acceptors (Lipinski definition) is 5. The number of nitrogens with two attached hydrogens (primary N) is 1. The zero-order chi connectivity index (χ0) is 18.4. The second kappa shape index (κ2) is 9.85. The normalized spacial score (nSPS) is 12.7. The third-order valence-corrected chi connectivity index (χ3v) is 4.08. The van der Waals surface area contributed by atoms with Crippen LogP contribution in [0.1, 0.15) is 48.3 Å². The molecule has 3 rings (SSSR count). The minimum atomic E-state index is -0.348. The van der Waals surface area contributed by atoms with Crippen molar-refractivity contribution in [1.82, 2.24) is 15.5 Å². The van der Waals surface area contributed by atoms with Gasteiger partial charge in [-0.2, -0.15) is 4.98 Å². The van der Waals surface area contributed by atoms with Gasteiger partial charge in [-0.25, -0.2) is 0 Å². The Morgan fingerprint density at radius 2 is 1.74 bits per heavy atom. The van der Waals surface area contributed by atoms with Crippen LogP contribution in [0.5, 0.6) is 0 Å². The van der Waals surface area contributed by atoms with E-state index in [9.17, 15) is 4.79 Å². The van der Waals surface area contributed by atoms with Crippen molar-refractivity contribution in [2.75, 3.05) is 0 Å². The lowest BCUT2D eigenvalue weighted by Gasteiger charge is -2.14. The summed E-state index contributed by atoms with van der Waals surface area (Å²) >= 11 is 0. The van der Waals surface area contributed by atoms with Gasteiger partial charge in [-0.1, -0.05) is 65.8 Å². The van der Waals surface area contributed by atoms with Crippen LogP contribution in [0, 0.1) is 0 Å². The molecule has 0 spiro atoms. The molecule has 0 aliphatic heterocycles. The molecule has 0 bridgehead atoms. The van der Waals surface area contributed by atoms with E-state index in [4.69, 9.17) is 10.3 Å². The lowest BCUT2D eigenvalue weighted by Crippen LogP contribution is -2.30. The number of benzene rings is 2. The summed E-state index contributed by atoms with van der Waals surface area (Å²) in [6.45, 7) is 1.82. The van der Waals surface area contributed by atoms with Crippen LogP contribution in [-0.4, -0.2) is 16.0 Å². The van der Waals surface area contributed by atoms with Crippen molar-refractivity contribution in [1.29, 1.82) is 0 Å². The van der Waals surface area contributed by atoms with Crippen LogP contribution < -0.4 is 11.1 Å². The van der Waals surface area contributed by atoms with Gasteiger partial charge in [0.2, 0.25) is 11.8 Å². The van der Waals surface area contributed by atoms with Gasteiger partial charge < -0.3 is 15.6 Å². The molecular weight excluding hydrogens is 364 g/mol. The zero-order valence-corrected chi connectivity index (χ0v) is 15.9. The molecule has 3 N–H and O–H groups in total. The summed E-state index contributed by atoms with van der Waals surface area (Å²) in [6, 6.07) is 18.7. The summed E-state index contributed by atoms with van der Waals surface area (Å²) in [5.41, 5.74) is 8.11. The van der Waals surface area contributed by atoms with Crippen LogP contribution in [0.25, 0.3) is 0 Å². The SMILES string of the molecule is CC(NC(=O)CC(N)c1ccccc1)c1noc(Cc2ccccc2)n1.Cl. The Morgan fingerprint density at radius 1 is 1.11 bits per heavy atom. The Balaban J connectivity index is 0.00000261. The third kappa shape index (κ3) is 5.91. The first-order valence-electron chi connectivity index (χ1n) is 8.58. The van der Waals surface area contributed by atoms with Gasteiger partial charge in [-0.05, 0) is 18.1 Å². The molecule has 6 nitrogen and oxygen atoms in total. The highest BCUT2D eigenvalue weighted by Crippen LogP contribution is 2.15. The van der Waals surface area contributed by atoms with E-state index in [0.717, 1.165) is 11.1 Å². The lowest BCUT2D eigenvalue weighted by molar-refractivity contribution is -0.122. The summed E-state index contributed by atoms with van der Waals surface area (Å²) in [7, 11) is 0. The van der Waals surface area contributed by atoms with Crippen LogP contribution in [0.3, 0.4) is 0 Å². The number of hydrogen-bond donors (Lipinski definition) is 2. The van der Waals surface area contributed by atoms with Crippen LogP contribution in [0.15, 0.2) is 65.2 Å². The highest BCUT2D eigenvalue weighted by Gasteiger charge is 2.18. The maximum atomic E-state index is 12.2. The maximum absolute atomic E-state index is 12.2. The molecule has 142 valence electrons. The molecule has 2 aromatic carbocycles. The van der Waals surface area contributed by atoms with Crippen molar-refractivity contribution >= 4 is 18.3 Å².